The number of rotatable bonds is 2. The molecule has 2 heterocycles. The fraction of sp³-hybridized carbons (Fsp3) is 0. The van der Waals surface area contributed by atoms with Crippen LogP contribution in [-0.2, 0) is 0 Å². The largest absolute Gasteiger partial charge is 0.296 e. The average molecular weight is 238 g/mol. The molecule has 0 atom stereocenters. The van der Waals surface area contributed by atoms with Crippen molar-refractivity contribution in [3.8, 4) is 0 Å². The van der Waals surface area contributed by atoms with Crippen LogP contribution in [0.4, 0.5) is 5.13 Å². The van der Waals surface area contributed by atoms with E-state index in [0.717, 1.165) is 0 Å². The fourth-order valence-corrected chi connectivity index (χ4v) is 1.74. The number of carbonyl (C=O) groups excluding carboxylic acids is 1. The summed E-state index contributed by atoms with van der Waals surface area (Å²) in [7, 11) is 0. The number of aromatic amines is 1. The molecule has 0 bridgehead atoms. The van der Waals surface area contributed by atoms with Crippen molar-refractivity contribution in [2.45, 2.75) is 0 Å². The summed E-state index contributed by atoms with van der Waals surface area (Å²) in [6, 6.07) is 3.25. The summed E-state index contributed by atoms with van der Waals surface area (Å²) in [5, 5.41) is 9.49. The molecule has 0 aliphatic rings. The third-order valence-corrected chi connectivity index (χ3v) is 2.61. The standard InChI is InChI=1S/C8H6N4OS2/c13-6(5-1-3-9-4-2-5)10-7-11-12-8(14)15-7/h1-4H,(H,12,14)(H,10,11,13). The lowest BCUT2D eigenvalue weighted by atomic mass is 10.2. The molecule has 0 spiro atoms. The molecule has 0 saturated carbocycles. The van der Waals surface area contributed by atoms with Crippen molar-refractivity contribution in [1.29, 1.82) is 0 Å². The van der Waals surface area contributed by atoms with Crippen LogP contribution in [0.3, 0.4) is 0 Å². The topological polar surface area (TPSA) is 70.7 Å². The summed E-state index contributed by atoms with van der Waals surface area (Å²) in [6.45, 7) is 0. The van der Waals surface area contributed by atoms with Gasteiger partial charge in [0.05, 0.1) is 0 Å². The Kier molecular flexibility index (Phi) is 2.84. The van der Waals surface area contributed by atoms with E-state index < -0.39 is 0 Å². The number of carbonyl (C=O) groups is 1. The second-order valence-electron chi connectivity index (χ2n) is 2.61. The highest BCUT2D eigenvalue weighted by molar-refractivity contribution is 7.73. The number of H-pyrrole nitrogens is 1. The zero-order chi connectivity index (χ0) is 10.7. The van der Waals surface area contributed by atoms with Crippen molar-refractivity contribution >= 4 is 34.6 Å². The maximum Gasteiger partial charge on any atom is 0.257 e. The molecule has 0 aliphatic carbocycles. The van der Waals surface area contributed by atoms with Crippen LogP contribution in [0.1, 0.15) is 10.4 Å². The Morgan fingerprint density at radius 2 is 2.20 bits per heavy atom. The van der Waals surface area contributed by atoms with Crippen molar-refractivity contribution in [2.24, 2.45) is 0 Å². The van der Waals surface area contributed by atoms with Gasteiger partial charge in [0.1, 0.15) is 0 Å². The van der Waals surface area contributed by atoms with Crippen LogP contribution >= 0.6 is 23.6 Å². The molecule has 5 nitrogen and oxygen atoms in total. The Morgan fingerprint density at radius 1 is 1.47 bits per heavy atom. The molecule has 1 amide bonds. The van der Waals surface area contributed by atoms with Gasteiger partial charge in [0.2, 0.25) is 5.13 Å². The van der Waals surface area contributed by atoms with Gasteiger partial charge in [-0.3, -0.25) is 20.2 Å². The third kappa shape index (κ3) is 2.45. The summed E-state index contributed by atoms with van der Waals surface area (Å²) in [5.41, 5.74) is 0.533. The maximum absolute atomic E-state index is 11.6. The molecule has 0 radical (unpaired) electrons. The van der Waals surface area contributed by atoms with Crippen LogP contribution in [0.25, 0.3) is 0 Å². The minimum atomic E-state index is -0.227. The molecule has 0 aromatic carbocycles. The Labute approximate surface area is 94.2 Å². The van der Waals surface area contributed by atoms with Gasteiger partial charge in [-0.15, -0.1) is 5.10 Å². The Morgan fingerprint density at radius 3 is 2.80 bits per heavy atom. The van der Waals surface area contributed by atoms with Crippen LogP contribution in [-0.4, -0.2) is 21.1 Å². The van der Waals surface area contributed by atoms with E-state index in [1.54, 1.807) is 24.5 Å². The smallest absolute Gasteiger partial charge is 0.257 e. The minimum Gasteiger partial charge on any atom is -0.296 e. The molecule has 7 heteroatoms. The van der Waals surface area contributed by atoms with E-state index >= 15 is 0 Å². The first kappa shape index (κ1) is 9.94. The highest BCUT2D eigenvalue weighted by Crippen LogP contribution is 2.12. The van der Waals surface area contributed by atoms with Gasteiger partial charge in [0, 0.05) is 18.0 Å². The van der Waals surface area contributed by atoms with Crippen LogP contribution < -0.4 is 5.32 Å². The van der Waals surface area contributed by atoms with Crippen molar-refractivity contribution in [3.63, 3.8) is 0 Å². The van der Waals surface area contributed by atoms with Crippen LogP contribution in [0, 0.1) is 3.95 Å². The van der Waals surface area contributed by atoms with E-state index in [9.17, 15) is 4.79 Å². The lowest BCUT2D eigenvalue weighted by molar-refractivity contribution is 0.102. The predicted molar refractivity (Wildman–Crippen MR) is 59.5 cm³/mol. The van der Waals surface area contributed by atoms with Crippen LogP contribution in [0.5, 0.6) is 0 Å². The van der Waals surface area contributed by atoms with Gasteiger partial charge in [0.15, 0.2) is 3.95 Å². The first-order valence-electron chi connectivity index (χ1n) is 4.02. The zero-order valence-electron chi connectivity index (χ0n) is 7.43. The van der Waals surface area contributed by atoms with Crippen molar-refractivity contribution < 1.29 is 4.79 Å². The third-order valence-electron chi connectivity index (χ3n) is 1.60. The Hall–Kier alpha value is -1.60. The minimum absolute atomic E-state index is 0.227. The molecule has 0 fully saturated rings. The van der Waals surface area contributed by atoms with E-state index in [2.05, 4.69) is 20.5 Å². The van der Waals surface area contributed by atoms with Crippen molar-refractivity contribution in [1.82, 2.24) is 15.2 Å². The molecule has 2 aromatic heterocycles. The second kappa shape index (κ2) is 4.28. The molecule has 2 rings (SSSR count). The molecule has 2 aromatic rings. The number of aromatic nitrogens is 3. The molecule has 15 heavy (non-hydrogen) atoms. The summed E-state index contributed by atoms with van der Waals surface area (Å²) < 4.78 is 0.528. The van der Waals surface area contributed by atoms with E-state index in [1.165, 1.54) is 11.3 Å². The number of anilines is 1. The zero-order valence-corrected chi connectivity index (χ0v) is 9.06. The highest BCUT2D eigenvalue weighted by atomic mass is 32.1. The molecule has 76 valence electrons. The molecular formula is C8H6N4OS2. The number of nitrogens with zero attached hydrogens (tertiary/aromatic N) is 2. The molecular weight excluding hydrogens is 232 g/mol. The van der Waals surface area contributed by atoms with E-state index in [0.29, 0.717) is 14.6 Å². The Balaban J connectivity index is 2.14. The van der Waals surface area contributed by atoms with Gasteiger partial charge in [-0.05, 0) is 24.4 Å². The van der Waals surface area contributed by atoms with Gasteiger partial charge in [-0.25, -0.2) is 0 Å². The first-order chi connectivity index (χ1) is 7.25. The number of amides is 1. The number of pyridine rings is 1. The summed E-state index contributed by atoms with van der Waals surface area (Å²) in [6.07, 6.45) is 3.11. The van der Waals surface area contributed by atoms with Gasteiger partial charge >= 0.3 is 0 Å². The highest BCUT2D eigenvalue weighted by Gasteiger charge is 2.06. The van der Waals surface area contributed by atoms with Crippen molar-refractivity contribution in [2.75, 3.05) is 5.32 Å². The molecule has 0 saturated heterocycles. The lowest BCUT2D eigenvalue weighted by Crippen LogP contribution is -2.11. The quantitative estimate of drug-likeness (QED) is 0.783. The van der Waals surface area contributed by atoms with Gasteiger partial charge in [0.25, 0.3) is 5.91 Å². The predicted octanol–water partition coefficient (Wildman–Crippen LogP) is 1.85. The van der Waals surface area contributed by atoms with Crippen molar-refractivity contribution in [3.05, 3.63) is 34.0 Å². The van der Waals surface area contributed by atoms with Crippen LogP contribution in [0.2, 0.25) is 0 Å². The lowest BCUT2D eigenvalue weighted by Gasteiger charge is -1.99. The monoisotopic (exact) mass is 238 g/mol. The number of hydrogen-bond donors (Lipinski definition) is 2. The molecule has 0 unspecified atom stereocenters. The first-order valence-corrected chi connectivity index (χ1v) is 5.25. The van der Waals surface area contributed by atoms with Crippen LogP contribution in [0.15, 0.2) is 24.5 Å². The average Bonchev–Trinajstić information content (AvgIpc) is 2.65. The summed E-state index contributed by atoms with van der Waals surface area (Å²) in [5.74, 6) is -0.227. The maximum atomic E-state index is 11.6. The van der Waals surface area contributed by atoms with E-state index in [4.69, 9.17) is 12.2 Å². The molecule has 0 aliphatic heterocycles. The van der Waals surface area contributed by atoms with Gasteiger partial charge < -0.3 is 0 Å². The van der Waals surface area contributed by atoms with Gasteiger partial charge in [-0.2, -0.15) is 0 Å². The second-order valence-corrected chi connectivity index (χ2v) is 4.27. The number of nitrogens with one attached hydrogen (secondary N) is 2. The molecule has 2 N–H and O–H groups in total. The summed E-state index contributed by atoms with van der Waals surface area (Å²) in [4.78, 5) is 15.4. The van der Waals surface area contributed by atoms with E-state index in [-0.39, 0.29) is 5.91 Å². The SMILES string of the molecule is O=C(Nc1n[nH]c(=S)s1)c1ccncc1. The van der Waals surface area contributed by atoms with E-state index in [1.807, 2.05) is 0 Å². The summed E-state index contributed by atoms with van der Waals surface area (Å²) >= 11 is 6.05. The number of hydrogen-bond acceptors (Lipinski definition) is 5. The normalized spacial score (nSPS) is 9.87. The van der Waals surface area contributed by atoms with Gasteiger partial charge in [-0.1, -0.05) is 11.3 Å². The Bertz CT molecular complexity index is 519. The fourth-order valence-electron chi connectivity index (χ4n) is 0.956.